The zero-order valence-corrected chi connectivity index (χ0v) is 14.3. The number of rotatable bonds is 7. The van der Waals surface area contributed by atoms with E-state index in [4.69, 9.17) is 9.26 Å². The molecule has 1 saturated carbocycles. The minimum atomic E-state index is -0.289. The molecule has 1 aliphatic rings. The Bertz CT molecular complexity index is 744. The molecule has 1 fully saturated rings. The Balaban J connectivity index is 1.49. The van der Waals surface area contributed by atoms with Crippen LogP contribution in [0.3, 0.4) is 0 Å². The van der Waals surface area contributed by atoms with E-state index in [1.54, 1.807) is 24.3 Å². The van der Waals surface area contributed by atoms with Gasteiger partial charge in [-0.2, -0.15) is 0 Å². The first-order valence-corrected chi connectivity index (χ1v) is 8.25. The van der Waals surface area contributed by atoms with Gasteiger partial charge in [0.25, 0.3) is 5.91 Å². The first-order chi connectivity index (χ1) is 12.0. The third kappa shape index (κ3) is 4.59. The highest BCUT2D eigenvalue weighted by Crippen LogP contribution is 2.19. The van der Waals surface area contributed by atoms with E-state index in [2.05, 4.69) is 15.8 Å². The summed E-state index contributed by atoms with van der Waals surface area (Å²) in [6.07, 6.45) is 2.05. The van der Waals surface area contributed by atoms with Gasteiger partial charge in [-0.25, -0.2) is 0 Å². The average Bonchev–Trinajstić information content (AvgIpc) is 3.36. The zero-order chi connectivity index (χ0) is 17.8. The van der Waals surface area contributed by atoms with Crippen LogP contribution in [0.15, 0.2) is 28.8 Å². The second-order valence-electron chi connectivity index (χ2n) is 6.14. The van der Waals surface area contributed by atoms with Crippen molar-refractivity contribution in [3.05, 3.63) is 46.8 Å². The standard InChI is InChI=1S/C18H21N3O4/c1-11-16(12(2)25-21-11)10-24-15-7-3-13(4-8-15)18(23)19-9-17(22)20-14-5-6-14/h3-4,7-8,14H,5-6,9-10H2,1-2H3,(H,19,23)(H,20,22). The van der Waals surface area contributed by atoms with Crippen molar-refractivity contribution in [2.24, 2.45) is 0 Å². The SMILES string of the molecule is Cc1noc(C)c1COc1ccc(C(=O)NCC(=O)NC2CC2)cc1. The normalized spacial score (nSPS) is 13.4. The Morgan fingerprint density at radius 2 is 1.96 bits per heavy atom. The number of carbonyl (C=O) groups excluding carboxylic acids is 2. The number of carbonyl (C=O) groups is 2. The van der Waals surface area contributed by atoms with Crippen molar-refractivity contribution >= 4 is 11.8 Å². The van der Waals surface area contributed by atoms with Gasteiger partial charge in [0.1, 0.15) is 18.1 Å². The van der Waals surface area contributed by atoms with E-state index in [1.165, 1.54) is 0 Å². The van der Waals surface area contributed by atoms with Crippen LogP contribution in [0.25, 0.3) is 0 Å². The van der Waals surface area contributed by atoms with E-state index in [-0.39, 0.29) is 18.4 Å². The molecule has 3 rings (SSSR count). The molecule has 25 heavy (non-hydrogen) atoms. The number of nitrogens with one attached hydrogen (secondary N) is 2. The summed E-state index contributed by atoms with van der Waals surface area (Å²) in [6, 6.07) is 7.06. The van der Waals surface area contributed by atoms with E-state index >= 15 is 0 Å². The molecule has 0 aliphatic heterocycles. The Labute approximate surface area is 145 Å². The van der Waals surface area contributed by atoms with Gasteiger partial charge in [0.2, 0.25) is 5.91 Å². The highest BCUT2D eigenvalue weighted by molar-refractivity contribution is 5.96. The van der Waals surface area contributed by atoms with Crippen LogP contribution in [0.2, 0.25) is 0 Å². The predicted octanol–water partition coefficient (Wildman–Crippen LogP) is 1.88. The summed E-state index contributed by atoms with van der Waals surface area (Å²) in [5.41, 5.74) is 2.20. The molecule has 1 heterocycles. The van der Waals surface area contributed by atoms with Gasteiger partial charge in [-0.1, -0.05) is 5.16 Å². The summed E-state index contributed by atoms with van der Waals surface area (Å²) in [5, 5.41) is 9.31. The van der Waals surface area contributed by atoms with Gasteiger partial charge in [-0.05, 0) is 51.0 Å². The minimum Gasteiger partial charge on any atom is -0.489 e. The van der Waals surface area contributed by atoms with Gasteiger partial charge >= 0.3 is 0 Å². The Morgan fingerprint density at radius 1 is 1.24 bits per heavy atom. The number of hydrogen-bond acceptors (Lipinski definition) is 5. The second-order valence-corrected chi connectivity index (χ2v) is 6.14. The molecule has 132 valence electrons. The molecule has 1 aromatic heterocycles. The van der Waals surface area contributed by atoms with Crippen LogP contribution < -0.4 is 15.4 Å². The fourth-order valence-electron chi connectivity index (χ4n) is 2.33. The fraction of sp³-hybridized carbons (Fsp3) is 0.389. The first kappa shape index (κ1) is 17.0. The van der Waals surface area contributed by atoms with Gasteiger partial charge < -0.3 is 19.9 Å². The molecule has 0 unspecified atom stereocenters. The molecule has 7 nitrogen and oxygen atoms in total. The average molecular weight is 343 g/mol. The lowest BCUT2D eigenvalue weighted by atomic mass is 10.2. The number of benzene rings is 1. The molecule has 0 spiro atoms. The third-order valence-corrected chi connectivity index (χ3v) is 4.03. The van der Waals surface area contributed by atoms with Crippen LogP contribution in [0.5, 0.6) is 5.75 Å². The second kappa shape index (κ2) is 7.38. The molecule has 2 aromatic rings. The van der Waals surface area contributed by atoms with E-state index < -0.39 is 0 Å². The van der Waals surface area contributed by atoms with Crippen LogP contribution in [-0.4, -0.2) is 29.6 Å². The number of aryl methyl sites for hydroxylation is 2. The van der Waals surface area contributed by atoms with Gasteiger partial charge in [0, 0.05) is 11.6 Å². The summed E-state index contributed by atoms with van der Waals surface area (Å²) in [7, 11) is 0. The summed E-state index contributed by atoms with van der Waals surface area (Å²) < 4.78 is 10.8. The molecule has 7 heteroatoms. The van der Waals surface area contributed by atoms with Crippen molar-refractivity contribution < 1.29 is 18.8 Å². The van der Waals surface area contributed by atoms with Crippen LogP contribution in [-0.2, 0) is 11.4 Å². The third-order valence-electron chi connectivity index (χ3n) is 4.03. The smallest absolute Gasteiger partial charge is 0.251 e. The number of hydrogen-bond donors (Lipinski definition) is 2. The molecule has 0 saturated heterocycles. The summed E-state index contributed by atoms with van der Waals surface area (Å²) >= 11 is 0. The number of ether oxygens (including phenoxy) is 1. The molecule has 1 aromatic carbocycles. The molecule has 1 aliphatic carbocycles. The van der Waals surface area contributed by atoms with Crippen LogP contribution in [0, 0.1) is 13.8 Å². The molecule has 0 radical (unpaired) electrons. The topological polar surface area (TPSA) is 93.5 Å². The maximum Gasteiger partial charge on any atom is 0.251 e. The van der Waals surface area contributed by atoms with Gasteiger partial charge in [0.15, 0.2) is 0 Å². The maximum absolute atomic E-state index is 12.0. The van der Waals surface area contributed by atoms with Crippen LogP contribution >= 0.6 is 0 Å². The molecular formula is C18H21N3O4. The summed E-state index contributed by atoms with van der Waals surface area (Å²) in [4.78, 5) is 23.6. The number of aromatic nitrogens is 1. The van der Waals surface area contributed by atoms with E-state index in [0.29, 0.717) is 24.0 Å². The fourth-order valence-corrected chi connectivity index (χ4v) is 2.33. The summed E-state index contributed by atoms with van der Waals surface area (Å²) in [5.74, 6) is 0.930. The lowest BCUT2D eigenvalue weighted by Gasteiger charge is -2.08. The number of amides is 2. The largest absolute Gasteiger partial charge is 0.489 e. The van der Waals surface area contributed by atoms with Crippen molar-refractivity contribution in [3.8, 4) is 5.75 Å². The molecule has 2 amide bonds. The maximum atomic E-state index is 12.0. The Kier molecular flexibility index (Phi) is 5.02. The molecule has 0 atom stereocenters. The van der Waals surface area contributed by atoms with E-state index in [0.717, 1.165) is 29.9 Å². The quantitative estimate of drug-likeness (QED) is 0.801. The van der Waals surface area contributed by atoms with Crippen molar-refractivity contribution in [3.63, 3.8) is 0 Å². The Morgan fingerprint density at radius 3 is 2.56 bits per heavy atom. The summed E-state index contributed by atoms with van der Waals surface area (Å²) in [6.45, 7) is 4.04. The van der Waals surface area contributed by atoms with Crippen molar-refractivity contribution in [2.45, 2.75) is 39.3 Å². The van der Waals surface area contributed by atoms with Crippen LogP contribution in [0.1, 0.15) is 40.2 Å². The van der Waals surface area contributed by atoms with E-state index in [1.807, 2.05) is 13.8 Å². The highest BCUT2D eigenvalue weighted by atomic mass is 16.5. The predicted molar refractivity (Wildman–Crippen MR) is 90.2 cm³/mol. The van der Waals surface area contributed by atoms with Gasteiger partial charge in [0.05, 0.1) is 17.8 Å². The van der Waals surface area contributed by atoms with Crippen molar-refractivity contribution in [2.75, 3.05) is 6.54 Å². The zero-order valence-electron chi connectivity index (χ0n) is 14.3. The number of nitrogens with zero attached hydrogens (tertiary/aromatic N) is 1. The van der Waals surface area contributed by atoms with Crippen LogP contribution in [0.4, 0.5) is 0 Å². The molecule has 0 bridgehead atoms. The first-order valence-electron chi connectivity index (χ1n) is 8.25. The molecular weight excluding hydrogens is 322 g/mol. The van der Waals surface area contributed by atoms with Gasteiger partial charge in [-0.3, -0.25) is 9.59 Å². The minimum absolute atomic E-state index is 0.0143. The molecule has 2 N–H and O–H groups in total. The van der Waals surface area contributed by atoms with Crippen molar-refractivity contribution in [1.29, 1.82) is 0 Å². The lowest BCUT2D eigenvalue weighted by molar-refractivity contribution is -0.120. The monoisotopic (exact) mass is 343 g/mol. The van der Waals surface area contributed by atoms with E-state index in [9.17, 15) is 9.59 Å². The highest BCUT2D eigenvalue weighted by Gasteiger charge is 2.23. The van der Waals surface area contributed by atoms with Gasteiger partial charge in [-0.15, -0.1) is 0 Å². The van der Waals surface area contributed by atoms with Crippen molar-refractivity contribution in [1.82, 2.24) is 15.8 Å². The Hall–Kier alpha value is -2.83. The lowest BCUT2D eigenvalue weighted by Crippen LogP contribution is -2.37.